The summed E-state index contributed by atoms with van der Waals surface area (Å²) in [6.07, 6.45) is 1.12. The number of aryl methyl sites for hydroxylation is 1. The fourth-order valence-corrected chi connectivity index (χ4v) is 3.66. The van der Waals surface area contributed by atoms with Gasteiger partial charge < -0.3 is 5.32 Å². The van der Waals surface area contributed by atoms with Gasteiger partial charge in [-0.15, -0.1) is 11.3 Å². The first-order valence-corrected chi connectivity index (χ1v) is 9.87. The number of ketones is 1. The van der Waals surface area contributed by atoms with Crippen LogP contribution in [0.3, 0.4) is 0 Å². The van der Waals surface area contributed by atoms with Gasteiger partial charge in [0.05, 0.1) is 5.69 Å². The van der Waals surface area contributed by atoms with E-state index >= 15 is 0 Å². The van der Waals surface area contributed by atoms with E-state index in [-0.39, 0.29) is 24.5 Å². The molecule has 0 fully saturated rings. The maximum atomic E-state index is 12.2. The highest BCUT2D eigenvalue weighted by Gasteiger charge is 2.11. The lowest BCUT2D eigenvalue weighted by Crippen LogP contribution is -2.26. The Labute approximate surface area is 163 Å². The smallest absolute Gasteiger partial charge is 0.220 e. The lowest BCUT2D eigenvalue weighted by atomic mass is 10.0. The third-order valence-electron chi connectivity index (χ3n) is 4.30. The third-order valence-corrected chi connectivity index (χ3v) is 5.24. The van der Waals surface area contributed by atoms with E-state index in [1.54, 1.807) is 11.3 Å². The summed E-state index contributed by atoms with van der Waals surface area (Å²) >= 11 is 1.61. The summed E-state index contributed by atoms with van der Waals surface area (Å²) in [6.45, 7) is 2.43. The van der Waals surface area contributed by atoms with Crippen LogP contribution in [0.1, 0.15) is 34.5 Å². The third kappa shape index (κ3) is 5.34. The number of hydrogen-bond acceptors (Lipinski definition) is 4. The number of carbonyl (C=O) groups excluding carboxylic acids is 2. The van der Waals surface area contributed by atoms with Gasteiger partial charge in [0.25, 0.3) is 0 Å². The van der Waals surface area contributed by atoms with Crippen molar-refractivity contribution in [2.45, 2.75) is 26.2 Å². The summed E-state index contributed by atoms with van der Waals surface area (Å²) in [4.78, 5) is 28.8. The van der Waals surface area contributed by atoms with E-state index in [1.165, 1.54) is 0 Å². The van der Waals surface area contributed by atoms with Crippen molar-refractivity contribution in [2.75, 3.05) is 6.54 Å². The van der Waals surface area contributed by atoms with Crippen molar-refractivity contribution in [3.63, 3.8) is 0 Å². The Morgan fingerprint density at radius 1 is 1.00 bits per heavy atom. The molecule has 0 spiro atoms. The Morgan fingerprint density at radius 2 is 1.74 bits per heavy atom. The van der Waals surface area contributed by atoms with Crippen LogP contribution in [0.15, 0.2) is 60.0 Å². The monoisotopic (exact) mass is 378 g/mol. The van der Waals surface area contributed by atoms with Crippen molar-refractivity contribution in [2.24, 2.45) is 0 Å². The summed E-state index contributed by atoms with van der Waals surface area (Å²) in [5.41, 5.74) is 3.71. The van der Waals surface area contributed by atoms with Crippen molar-refractivity contribution >= 4 is 23.0 Å². The minimum Gasteiger partial charge on any atom is -0.356 e. The topological polar surface area (TPSA) is 59.1 Å². The van der Waals surface area contributed by atoms with Gasteiger partial charge in [-0.05, 0) is 12.5 Å². The lowest BCUT2D eigenvalue weighted by molar-refractivity contribution is -0.121. The molecule has 0 unspecified atom stereocenters. The molecule has 0 saturated heterocycles. The second-order valence-corrected chi connectivity index (χ2v) is 7.21. The molecule has 27 heavy (non-hydrogen) atoms. The first kappa shape index (κ1) is 19.0. The number of rotatable bonds is 8. The normalized spacial score (nSPS) is 10.6. The molecule has 1 aromatic heterocycles. The molecule has 0 saturated carbocycles. The summed E-state index contributed by atoms with van der Waals surface area (Å²) in [5, 5.41) is 5.89. The van der Waals surface area contributed by atoms with E-state index in [9.17, 15) is 9.59 Å². The van der Waals surface area contributed by atoms with Gasteiger partial charge in [0.15, 0.2) is 5.78 Å². The maximum Gasteiger partial charge on any atom is 0.220 e. The van der Waals surface area contributed by atoms with Gasteiger partial charge in [0.2, 0.25) is 5.91 Å². The first-order valence-electron chi connectivity index (χ1n) is 8.99. The van der Waals surface area contributed by atoms with E-state index in [0.29, 0.717) is 18.5 Å². The largest absolute Gasteiger partial charge is 0.356 e. The summed E-state index contributed by atoms with van der Waals surface area (Å²) in [7, 11) is 0. The first-order chi connectivity index (χ1) is 13.1. The van der Waals surface area contributed by atoms with Gasteiger partial charge in [0.1, 0.15) is 5.01 Å². The van der Waals surface area contributed by atoms with Crippen molar-refractivity contribution in [1.82, 2.24) is 10.3 Å². The molecule has 1 amide bonds. The predicted octanol–water partition coefficient (Wildman–Crippen LogP) is 4.44. The summed E-state index contributed by atoms with van der Waals surface area (Å²) in [5.74, 6) is -0.0919. The Bertz CT molecular complexity index is 919. The van der Waals surface area contributed by atoms with E-state index in [0.717, 1.165) is 21.8 Å². The summed E-state index contributed by atoms with van der Waals surface area (Å²) < 4.78 is 0. The van der Waals surface area contributed by atoms with Gasteiger partial charge in [-0.1, -0.05) is 54.6 Å². The molecule has 0 aliphatic rings. The molecule has 3 rings (SSSR count). The predicted molar refractivity (Wildman–Crippen MR) is 109 cm³/mol. The van der Waals surface area contributed by atoms with Crippen LogP contribution in [-0.2, 0) is 11.2 Å². The molecule has 5 heteroatoms. The number of Topliss-reactive ketones (excluding diaryl/α,β-unsaturated/α-hetero) is 1. The van der Waals surface area contributed by atoms with Gasteiger partial charge in [-0.25, -0.2) is 4.98 Å². The Kier molecular flexibility index (Phi) is 6.49. The molecule has 0 bridgehead atoms. The summed E-state index contributed by atoms with van der Waals surface area (Å²) in [6, 6.07) is 17.5. The molecule has 138 valence electrons. The van der Waals surface area contributed by atoms with E-state index in [2.05, 4.69) is 10.3 Å². The standard InChI is InChI=1S/C22H22N2O2S/c1-16-7-5-6-10-19(16)20(25)11-12-21(26)23-14-13-18-15-27-22(24-18)17-8-3-2-4-9-17/h2-10,15H,11-14H2,1H3,(H,23,26). The fourth-order valence-electron chi connectivity index (χ4n) is 2.80. The number of benzene rings is 2. The molecule has 2 aromatic carbocycles. The fraction of sp³-hybridized carbons (Fsp3) is 0.227. The molecule has 1 heterocycles. The van der Waals surface area contributed by atoms with Crippen molar-refractivity contribution in [1.29, 1.82) is 0 Å². The van der Waals surface area contributed by atoms with Gasteiger partial charge in [0, 0.05) is 42.3 Å². The van der Waals surface area contributed by atoms with E-state index < -0.39 is 0 Å². The van der Waals surface area contributed by atoms with Crippen LogP contribution in [0.2, 0.25) is 0 Å². The Hall–Kier alpha value is -2.79. The molecular weight excluding hydrogens is 356 g/mol. The molecule has 4 nitrogen and oxygen atoms in total. The number of thiazole rings is 1. The molecule has 0 aliphatic carbocycles. The van der Waals surface area contributed by atoms with Crippen molar-refractivity contribution in [3.05, 3.63) is 76.8 Å². The minimum absolute atomic E-state index is 0.00949. The number of amides is 1. The molecule has 1 N–H and O–H groups in total. The van der Waals surface area contributed by atoms with Crippen LogP contribution in [0, 0.1) is 6.92 Å². The molecule has 0 aliphatic heterocycles. The van der Waals surface area contributed by atoms with Crippen LogP contribution in [-0.4, -0.2) is 23.2 Å². The number of nitrogens with zero attached hydrogens (tertiary/aromatic N) is 1. The minimum atomic E-state index is -0.101. The molecular formula is C22H22N2O2S. The highest BCUT2D eigenvalue weighted by atomic mass is 32.1. The van der Waals surface area contributed by atoms with Crippen LogP contribution in [0.5, 0.6) is 0 Å². The van der Waals surface area contributed by atoms with Crippen molar-refractivity contribution in [3.8, 4) is 10.6 Å². The number of carbonyl (C=O) groups is 2. The van der Waals surface area contributed by atoms with E-state index in [4.69, 9.17) is 0 Å². The zero-order valence-electron chi connectivity index (χ0n) is 15.3. The van der Waals surface area contributed by atoms with Crippen LogP contribution in [0.4, 0.5) is 0 Å². The SMILES string of the molecule is Cc1ccccc1C(=O)CCC(=O)NCCc1csc(-c2ccccc2)n1. The highest BCUT2D eigenvalue weighted by molar-refractivity contribution is 7.13. The maximum absolute atomic E-state index is 12.2. The molecule has 0 radical (unpaired) electrons. The quantitative estimate of drug-likeness (QED) is 0.590. The lowest BCUT2D eigenvalue weighted by Gasteiger charge is -2.06. The number of aromatic nitrogens is 1. The zero-order chi connectivity index (χ0) is 19.1. The second kappa shape index (κ2) is 9.24. The number of hydrogen-bond donors (Lipinski definition) is 1. The zero-order valence-corrected chi connectivity index (χ0v) is 16.1. The van der Waals surface area contributed by atoms with Gasteiger partial charge >= 0.3 is 0 Å². The second-order valence-electron chi connectivity index (χ2n) is 6.35. The molecule has 0 atom stereocenters. The Balaban J connectivity index is 1.42. The van der Waals surface area contributed by atoms with Gasteiger partial charge in [-0.3, -0.25) is 9.59 Å². The highest BCUT2D eigenvalue weighted by Crippen LogP contribution is 2.23. The van der Waals surface area contributed by atoms with Crippen LogP contribution < -0.4 is 5.32 Å². The number of nitrogens with one attached hydrogen (secondary N) is 1. The Morgan fingerprint density at radius 3 is 2.52 bits per heavy atom. The van der Waals surface area contributed by atoms with Gasteiger partial charge in [-0.2, -0.15) is 0 Å². The van der Waals surface area contributed by atoms with Crippen LogP contribution in [0.25, 0.3) is 10.6 Å². The van der Waals surface area contributed by atoms with Crippen molar-refractivity contribution < 1.29 is 9.59 Å². The average Bonchev–Trinajstić information content (AvgIpc) is 3.16. The van der Waals surface area contributed by atoms with Crippen LogP contribution >= 0.6 is 11.3 Å². The van der Waals surface area contributed by atoms with E-state index in [1.807, 2.05) is 66.9 Å². The average molecular weight is 378 g/mol. The molecule has 3 aromatic rings.